The fourth-order valence-corrected chi connectivity index (χ4v) is 2.04. The van der Waals surface area contributed by atoms with Crippen molar-refractivity contribution in [1.82, 2.24) is 0 Å². The number of amides is 1. The van der Waals surface area contributed by atoms with Gasteiger partial charge in [-0.3, -0.25) is 4.79 Å². The summed E-state index contributed by atoms with van der Waals surface area (Å²) in [6.45, 7) is 3.55. The molecule has 0 fully saturated rings. The van der Waals surface area contributed by atoms with Crippen LogP contribution in [-0.2, 0) is 9.53 Å². The Morgan fingerprint density at radius 2 is 1.83 bits per heavy atom. The number of hydrogen-bond acceptors (Lipinski definition) is 4. The van der Waals surface area contributed by atoms with E-state index in [-0.39, 0.29) is 12.5 Å². The maximum Gasteiger partial charge on any atom is 0.338 e. The number of carbonyl (C=O) groups is 2. The fraction of sp³-hybridized carbons (Fsp3) is 0.222. The number of benzene rings is 2. The lowest BCUT2D eigenvalue weighted by molar-refractivity contribution is -0.119. The molecule has 2 rings (SSSR count). The highest BCUT2D eigenvalue weighted by Crippen LogP contribution is 2.18. The minimum Gasteiger partial charge on any atom is -0.497 e. The van der Waals surface area contributed by atoms with Crippen LogP contribution in [0.5, 0.6) is 5.75 Å². The van der Waals surface area contributed by atoms with E-state index in [0.717, 1.165) is 11.1 Å². The van der Waals surface area contributed by atoms with Crippen molar-refractivity contribution in [2.45, 2.75) is 13.8 Å². The highest BCUT2D eigenvalue weighted by atomic mass is 16.5. The lowest BCUT2D eigenvalue weighted by Gasteiger charge is -2.10. The number of rotatable bonds is 5. The van der Waals surface area contributed by atoms with Gasteiger partial charge in [0.2, 0.25) is 0 Å². The van der Waals surface area contributed by atoms with Gasteiger partial charge in [0.05, 0.1) is 12.7 Å². The second kappa shape index (κ2) is 7.45. The topological polar surface area (TPSA) is 64.6 Å². The van der Waals surface area contributed by atoms with Crippen LogP contribution in [0.25, 0.3) is 0 Å². The molecular formula is C18H19NO4. The van der Waals surface area contributed by atoms with Crippen LogP contribution < -0.4 is 10.1 Å². The second-order valence-corrected chi connectivity index (χ2v) is 5.10. The molecule has 5 nitrogen and oxygen atoms in total. The van der Waals surface area contributed by atoms with Gasteiger partial charge in [0.1, 0.15) is 5.75 Å². The number of carbonyl (C=O) groups excluding carboxylic acids is 2. The zero-order chi connectivity index (χ0) is 16.8. The zero-order valence-electron chi connectivity index (χ0n) is 13.4. The number of anilines is 1. The maximum atomic E-state index is 11.9. The van der Waals surface area contributed by atoms with Crippen LogP contribution in [0.1, 0.15) is 21.5 Å². The summed E-state index contributed by atoms with van der Waals surface area (Å²) in [4.78, 5) is 23.9. The van der Waals surface area contributed by atoms with Crippen LogP contribution in [0.15, 0.2) is 42.5 Å². The van der Waals surface area contributed by atoms with Gasteiger partial charge in [-0.2, -0.15) is 0 Å². The van der Waals surface area contributed by atoms with Crippen molar-refractivity contribution in [3.8, 4) is 5.75 Å². The predicted molar refractivity (Wildman–Crippen MR) is 87.8 cm³/mol. The van der Waals surface area contributed by atoms with Crippen LogP contribution in [0.4, 0.5) is 5.69 Å². The Morgan fingerprint density at radius 3 is 2.57 bits per heavy atom. The minimum absolute atomic E-state index is 0.337. The molecule has 1 N–H and O–H groups in total. The molecule has 0 aliphatic heterocycles. The lowest BCUT2D eigenvalue weighted by atomic mass is 10.1. The van der Waals surface area contributed by atoms with Crippen LogP contribution in [0.2, 0.25) is 0 Å². The highest BCUT2D eigenvalue weighted by Gasteiger charge is 2.12. The number of esters is 1. The summed E-state index contributed by atoms with van der Waals surface area (Å²) in [5.74, 6) is -0.394. The average Bonchev–Trinajstić information content (AvgIpc) is 2.57. The number of nitrogens with one attached hydrogen (secondary N) is 1. The van der Waals surface area contributed by atoms with E-state index in [9.17, 15) is 9.59 Å². The molecule has 0 bridgehead atoms. The molecule has 120 valence electrons. The van der Waals surface area contributed by atoms with Crippen molar-refractivity contribution in [3.05, 3.63) is 59.2 Å². The Balaban J connectivity index is 1.93. The molecule has 23 heavy (non-hydrogen) atoms. The monoisotopic (exact) mass is 313 g/mol. The molecule has 0 aliphatic carbocycles. The second-order valence-electron chi connectivity index (χ2n) is 5.10. The van der Waals surface area contributed by atoms with E-state index in [1.54, 1.807) is 24.3 Å². The first kappa shape index (κ1) is 16.5. The largest absolute Gasteiger partial charge is 0.497 e. The molecule has 0 atom stereocenters. The molecular weight excluding hydrogens is 294 g/mol. The van der Waals surface area contributed by atoms with Crippen molar-refractivity contribution >= 4 is 17.6 Å². The molecule has 2 aromatic rings. The van der Waals surface area contributed by atoms with Crippen molar-refractivity contribution in [3.63, 3.8) is 0 Å². The molecule has 2 aromatic carbocycles. The molecule has 0 saturated heterocycles. The highest BCUT2D eigenvalue weighted by molar-refractivity contribution is 5.96. The predicted octanol–water partition coefficient (Wildman–Crippen LogP) is 3.11. The van der Waals surface area contributed by atoms with E-state index in [2.05, 4.69) is 5.32 Å². The quantitative estimate of drug-likeness (QED) is 0.861. The van der Waals surface area contributed by atoms with Gasteiger partial charge in [0.25, 0.3) is 5.91 Å². The molecule has 1 amide bonds. The molecule has 0 spiro atoms. The lowest BCUT2D eigenvalue weighted by Crippen LogP contribution is -2.21. The summed E-state index contributed by atoms with van der Waals surface area (Å²) < 4.78 is 10.1. The van der Waals surface area contributed by atoms with Gasteiger partial charge >= 0.3 is 5.97 Å². The van der Waals surface area contributed by atoms with Gasteiger partial charge in [-0.15, -0.1) is 0 Å². The third kappa shape index (κ3) is 4.32. The summed E-state index contributed by atoms with van der Waals surface area (Å²) in [6, 6.07) is 12.2. The first-order valence-electron chi connectivity index (χ1n) is 7.18. The third-order valence-corrected chi connectivity index (χ3v) is 3.52. The summed E-state index contributed by atoms with van der Waals surface area (Å²) in [5, 5.41) is 2.74. The van der Waals surface area contributed by atoms with Gasteiger partial charge in [0.15, 0.2) is 6.61 Å². The van der Waals surface area contributed by atoms with Crippen molar-refractivity contribution in [2.24, 2.45) is 0 Å². The third-order valence-electron chi connectivity index (χ3n) is 3.52. The van der Waals surface area contributed by atoms with Gasteiger partial charge in [-0.05, 0) is 49.2 Å². The summed E-state index contributed by atoms with van der Waals surface area (Å²) in [6.07, 6.45) is 0. The minimum atomic E-state index is -0.569. The Hall–Kier alpha value is -2.82. The molecule has 0 radical (unpaired) electrons. The SMILES string of the molecule is COc1cccc(C(=O)OCC(=O)Nc2cccc(C)c2C)c1. The molecule has 0 saturated carbocycles. The smallest absolute Gasteiger partial charge is 0.338 e. The zero-order valence-corrected chi connectivity index (χ0v) is 13.4. The van der Waals surface area contributed by atoms with Crippen molar-refractivity contribution in [2.75, 3.05) is 19.0 Å². The van der Waals surface area contributed by atoms with Crippen LogP contribution in [0, 0.1) is 13.8 Å². The fourth-order valence-electron chi connectivity index (χ4n) is 2.04. The number of aryl methyl sites for hydroxylation is 1. The van der Waals surface area contributed by atoms with Crippen molar-refractivity contribution in [1.29, 1.82) is 0 Å². The maximum absolute atomic E-state index is 11.9. The van der Waals surface area contributed by atoms with E-state index >= 15 is 0 Å². The molecule has 0 aliphatic rings. The molecule has 0 heterocycles. The normalized spacial score (nSPS) is 10.0. The van der Waals surface area contributed by atoms with Crippen LogP contribution in [0.3, 0.4) is 0 Å². The van der Waals surface area contributed by atoms with Gasteiger partial charge in [0, 0.05) is 5.69 Å². The standard InChI is InChI=1S/C18H19NO4/c1-12-6-4-9-16(13(12)2)19-17(20)11-23-18(21)14-7-5-8-15(10-14)22-3/h4-10H,11H2,1-3H3,(H,19,20). The molecule has 0 unspecified atom stereocenters. The first-order chi connectivity index (χ1) is 11.0. The average molecular weight is 313 g/mol. The Labute approximate surface area is 135 Å². The van der Waals surface area contributed by atoms with E-state index in [1.165, 1.54) is 7.11 Å². The summed E-state index contributed by atoms with van der Waals surface area (Å²) in [7, 11) is 1.52. The van der Waals surface area contributed by atoms with Gasteiger partial charge < -0.3 is 14.8 Å². The Kier molecular flexibility index (Phi) is 5.36. The Bertz CT molecular complexity index is 725. The van der Waals surface area contributed by atoms with E-state index < -0.39 is 5.97 Å². The summed E-state index contributed by atoms with van der Waals surface area (Å²) in [5.41, 5.74) is 3.12. The van der Waals surface area contributed by atoms with Gasteiger partial charge in [-0.1, -0.05) is 18.2 Å². The number of hydrogen-bond donors (Lipinski definition) is 1. The number of ether oxygens (including phenoxy) is 2. The van der Waals surface area contributed by atoms with Crippen LogP contribution >= 0.6 is 0 Å². The van der Waals surface area contributed by atoms with E-state index in [0.29, 0.717) is 17.0 Å². The van der Waals surface area contributed by atoms with Crippen LogP contribution in [-0.4, -0.2) is 25.6 Å². The van der Waals surface area contributed by atoms with Gasteiger partial charge in [-0.25, -0.2) is 4.79 Å². The van der Waals surface area contributed by atoms with E-state index in [1.807, 2.05) is 32.0 Å². The molecule has 5 heteroatoms. The van der Waals surface area contributed by atoms with E-state index in [4.69, 9.17) is 9.47 Å². The Morgan fingerprint density at radius 1 is 1.09 bits per heavy atom. The number of methoxy groups -OCH3 is 1. The van der Waals surface area contributed by atoms with Crippen molar-refractivity contribution < 1.29 is 19.1 Å². The molecule has 0 aromatic heterocycles. The first-order valence-corrected chi connectivity index (χ1v) is 7.18. The summed E-state index contributed by atoms with van der Waals surface area (Å²) >= 11 is 0.